The van der Waals surface area contributed by atoms with Crippen LogP contribution in [0.4, 0.5) is 5.69 Å². The van der Waals surface area contributed by atoms with E-state index in [1.54, 1.807) is 6.07 Å². The molecular weight excluding hydrogens is 302 g/mol. The fourth-order valence-corrected chi connectivity index (χ4v) is 2.96. The molecule has 1 aromatic carbocycles. The summed E-state index contributed by atoms with van der Waals surface area (Å²) >= 11 is 0. The minimum Gasteiger partial charge on any atom is -0.320 e. The van der Waals surface area contributed by atoms with Crippen molar-refractivity contribution in [3.8, 4) is 0 Å². The predicted octanol–water partition coefficient (Wildman–Crippen LogP) is 2.17. The minimum absolute atomic E-state index is 0.165. The number of nitrogens with one attached hydrogen (secondary N) is 3. The molecule has 1 atom stereocenters. The maximum Gasteiger partial charge on any atom is 0.276 e. The summed E-state index contributed by atoms with van der Waals surface area (Å²) in [5.74, 6) is -0.165. The number of anilines is 1. The van der Waals surface area contributed by atoms with Gasteiger partial charge >= 0.3 is 0 Å². The number of hydrogen-bond donors (Lipinski definition) is 3. The van der Waals surface area contributed by atoms with Crippen LogP contribution >= 0.6 is 0 Å². The van der Waals surface area contributed by atoms with Gasteiger partial charge < -0.3 is 16.0 Å². The van der Waals surface area contributed by atoms with Gasteiger partial charge in [-0.15, -0.1) is 0 Å². The van der Waals surface area contributed by atoms with Gasteiger partial charge in [0.05, 0.1) is 6.04 Å². The Labute approximate surface area is 142 Å². The molecule has 3 rings (SSSR count). The van der Waals surface area contributed by atoms with Gasteiger partial charge in [0.2, 0.25) is 0 Å². The third-order valence-corrected chi connectivity index (χ3v) is 4.32. The molecule has 3 N–H and O–H groups in total. The first-order valence-corrected chi connectivity index (χ1v) is 8.63. The Kier molecular flexibility index (Phi) is 5.61. The van der Waals surface area contributed by atoms with Crippen LogP contribution in [0, 0.1) is 0 Å². The summed E-state index contributed by atoms with van der Waals surface area (Å²) in [6.45, 7) is 5.66. The molecule has 0 spiro atoms. The Hall–Kier alpha value is -2.18. The number of piperidine rings is 1. The molecule has 1 unspecified atom stereocenters. The van der Waals surface area contributed by atoms with E-state index >= 15 is 0 Å². The molecule has 2 heterocycles. The molecule has 0 aliphatic carbocycles. The fraction of sp³-hybridized carbons (Fsp3) is 0.444. The molecule has 1 aromatic heterocycles. The van der Waals surface area contributed by atoms with Crippen LogP contribution < -0.4 is 16.0 Å². The van der Waals surface area contributed by atoms with Gasteiger partial charge in [-0.25, -0.2) is 0 Å². The standard InChI is InChI=1S/C18H25N5O/c1-2-19-12-14-6-3-4-8-16(14)21-18(24)17-9-11-23(22-17)15-7-5-10-20-13-15/h3-4,6,8-9,11,15,19-20H,2,5,7,10,12-13H2,1H3,(H,21,24). The predicted molar refractivity (Wildman–Crippen MR) is 95.1 cm³/mol. The van der Waals surface area contributed by atoms with E-state index < -0.39 is 0 Å². The van der Waals surface area contributed by atoms with Crippen LogP contribution in [0.2, 0.25) is 0 Å². The van der Waals surface area contributed by atoms with Crippen LogP contribution in [-0.2, 0) is 6.54 Å². The summed E-state index contributed by atoms with van der Waals surface area (Å²) < 4.78 is 1.91. The number of carbonyl (C=O) groups excluding carboxylic acids is 1. The molecule has 128 valence electrons. The first-order valence-electron chi connectivity index (χ1n) is 8.63. The molecular formula is C18H25N5O. The van der Waals surface area contributed by atoms with Gasteiger partial charge in [0, 0.05) is 25.0 Å². The largest absolute Gasteiger partial charge is 0.320 e. The average molecular weight is 327 g/mol. The van der Waals surface area contributed by atoms with Gasteiger partial charge in [-0.1, -0.05) is 25.1 Å². The number of amides is 1. The van der Waals surface area contributed by atoms with E-state index in [4.69, 9.17) is 0 Å². The zero-order valence-electron chi connectivity index (χ0n) is 14.1. The Bertz CT molecular complexity index is 676. The summed E-state index contributed by atoms with van der Waals surface area (Å²) in [6, 6.07) is 9.97. The van der Waals surface area contributed by atoms with Gasteiger partial charge in [0.15, 0.2) is 5.69 Å². The molecule has 2 aromatic rings. The molecule has 0 bridgehead atoms. The normalized spacial score (nSPS) is 17.6. The molecule has 0 saturated carbocycles. The smallest absolute Gasteiger partial charge is 0.276 e. The number of para-hydroxylation sites is 1. The summed E-state index contributed by atoms with van der Waals surface area (Å²) in [5.41, 5.74) is 2.36. The topological polar surface area (TPSA) is 71.0 Å². The summed E-state index contributed by atoms with van der Waals surface area (Å²) in [5, 5.41) is 14.1. The van der Waals surface area contributed by atoms with Crippen molar-refractivity contribution in [1.82, 2.24) is 20.4 Å². The zero-order chi connectivity index (χ0) is 16.8. The highest BCUT2D eigenvalue weighted by Gasteiger charge is 2.18. The lowest BCUT2D eigenvalue weighted by atomic mass is 10.1. The highest BCUT2D eigenvalue weighted by molar-refractivity contribution is 6.03. The van der Waals surface area contributed by atoms with E-state index in [2.05, 4.69) is 28.0 Å². The number of hydrogen-bond acceptors (Lipinski definition) is 4. The lowest BCUT2D eigenvalue weighted by Gasteiger charge is -2.22. The molecule has 24 heavy (non-hydrogen) atoms. The maximum atomic E-state index is 12.5. The van der Waals surface area contributed by atoms with Crippen molar-refractivity contribution in [2.45, 2.75) is 32.4 Å². The zero-order valence-corrected chi connectivity index (χ0v) is 14.1. The number of aromatic nitrogens is 2. The van der Waals surface area contributed by atoms with Crippen molar-refractivity contribution in [2.24, 2.45) is 0 Å². The Morgan fingerprint density at radius 3 is 3.04 bits per heavy atom. The SMILES string of the molecule is CCNCc1ccccc1NC(=O)c1ccn(C2CCCNC2)n1. The number of nitrogens with zero attached hydrogens (tertiary/aromatic N) is 2. The van der Waals surface area contributed by atoms with E-state index in [0.717, 1.165) is 50.3 Å². The van der Waals surface area contributed by atoms with Crippen LogP contribution in [0.5, 0.6) is 0 Å². The van der Waals surface area contributed by atoms with E-state index in [9.17, 15) is 4.79 Å². The van der Waals surface area contributed by atoms with Gasteiger partial charge in [-0.05, 0) is 43.6 Å². The second-order valence-electron chi connectivity index (χ2n) is 6.07. The molecule has 1 fully saturated rings. The quantitative estimate of drug-likeness (QED) is 0.760. The molecule has 6 nitrogen and oxygen atoms in total. The van der Waals surface area contributed by atoms with Crippen molar-refractivity contribution >= 4 is 11.6 Å². The molecule has 1 saturated heterocycles. The first-order chi connectivity index (χ1) is 11.8. The van der Waals surface area contributed by atoms with E-state index in [0.29, 0.717) is 11.7 Å². The van der Waals surface area contributed by atoms with Crippen molar-refractivity contribution in [3.05, 3.63) is 47.8 Å². The average Bonchev–Trinajstić information content (AvgIpc) is 3.12. The van der Waals surface area contributed by atoms with Crippen molar-refractivity contribution in [3.63, 3.8) is 0 Å². The second kappa shape index (κ2) is 8.08. The Balaban J connectivity index is 1.68. The summed E-state index contributed by atoms with van der Waals surface area (Å²) in [6.07, 6.45) is 4.14. The van der Waals surface area contributed by atoms with Crippen LogP contribution in [0.15, 0.2) is 36.5 Å². The van der Waals surface area contributed by atoms with Crippen LogP contribution in [-0.4, -0.2) is 35.3 Å². The molecule has 1 aliphatic heterocycles. The van der Waals surface area contributed by atoms with E-state index in [-0.39, 0.29) is 5.91 Å². The van der Waals surface area contributed by atoms with E-state index in [1.165, 1.54) is 0 Å². The Morgan fingerprint density at radius 1 is 1.38 bits per heavy atom. The highest BCUT2D eigenvalue weighted by Crippen LogP contribution is 2.18. The van der Waals surface area contributed by atoms with Crippen molar-refractivity contribution < 1.29 is 4.79 Å². The van der Waals surface area contributed by atoms with Gasteiger partial charge in [0.1, 0.15) is 0 Å². The summed E-state index contributed by atoms with van der Waals surface area (Å²) in [7, 11) is 0. The van der Waals surface area contributed by atoms with E-state index in [1.807, 2.05) is 35.1 Å². The first kappa shape index (κ1) is 16.7. The number of benzene rings is 1. The molecule has 6 heteroatoms. The second-order valence-corrected chi connectivity index (χ2v) is 6.07. The van der Waals surface area contributed by atoms with Crippen molar-refractivity contribution in [1.29, 1.82) is 0 Å². The van der Waals surface area contributed by atoms with Gasteiger partial charge in [-0.3, -0.25) is 9.48 Å². The minimum atomic E-state index is -0.165. The molecule has 1 amide bonds. The highest BCUT2D eigenvalue weighted by atomic mass is 16.1. The monoisotopic (exact) mass is 327 g/mol. The number of carbonyl (C=O) groups is 1. The van der Waals surface area contributed by atoms with Gasteiger partial charge in [0.25, 0.3) is 5.91 Å². The Morgan fingerprint density at radius 2 is 2.25 bits per heavy atom. The summed E-state index contributed by atoms with van der Waals surface area (Å²) in [4.78, 5) is 12.5. The van der Waals surface area contributed by atoms with Crippen molar-refractivity contribution in [2.75, 3.05) is 25.0 Å². The molecule has 0 radical (unpaired) electrons. The number of rotatable bonds is 6. The van der Waals surface area contributed by atoms with Crippen LogP contribution in [0.1, 0.15) is 41.9 Å². The third kappa shape index (κ3) is 4.01. The maximum absolute atomic E-state index is 12.5. The molecule has 1 aliphatic rings. The van der Waals surface area contributed by atoms with Crippen LogP contribution in [0.3, 0.4) is 0 Å². The lowest BCUT2D eigenvalue weighted by Crippen LogP contribution is -2.32. The van der Waals surface area contributed by atoms with Crippen LogP contribution in [0.25, 0.3) is 0 Å². The van der Waals surface area contributed by atoms with Gasteiger partial charge in [-0.2, -0.15) is 5.10 Å². The fourth-order valence-electron chi connectivity index (χ4n) is 2.96. The third-order valence-electron chi connectivity index (χ3n) is 4.32. The lowest BCUT2D eigenvalue weighted by molar-refractivity contribution is 0.102.